The Morgan fingerprint density at radius 3 is 3.09 bits per heavy atom. The number of benzene rings is 1. The minimum Gasteiger partial charge on any atom is -0.241 e. The van der Waals surface area contributed by atoms with Crippen molar-refractivity contribution in [2.75, 3.05) is 0 Å². The maximum atomic E-state index is 7.69. The van der Waals surface area contributed by atoms with Gasteiger partial charge in [0.25, 0.3) is 0 Å². The first-order chi connectivity index (χ1) is 8.34. The molecule has 0 N–H and O–H groups in total. The zero-order valence-electron chi connectivity index (χ0n) is 12.5. The fourth-order valence-electron chi connectivity index (χ4n) is 0.678. The van der Waals surface area contributed by atoms with Gasteiger partial charge in [-0.1, -0.05) is 18.1 Å². The normalized spacial score (nSPS) is 18.7. The summed E-state index contributed by atoms with van der Waals surface area (Å²) in [7, 11) is 0. The van der Waals surface area contributed by atoms with Gasteiger partial charge in [0.05, 0.1) is 15.3 Å². The van der Waals surface area contributed by atoms with E-state index in [1.807, 2.05) is 0 Å². The second-order valence-corrected chi connectivity index (χ2v) is 1.81. The molecule has 2 aromatic rings. The molecular formula is C9H8N2. The lowest BCUT2D eigenvalue weighted by atomic mass is 10.3. The number of hydrogen-bond donors (Lipinski definition) is 0. The molecule has 0 unspecified atom stereocenters. The highest BCUT2D eigenvalue weighted by atomic mass is 15.3. The molecule has 2 heteroatoms. The van der Waals surface area contributed by atoms with E-state index >= 15 is 0 Å². The van der Waals surface area contributed by atoms with Crippen LogP contribution in [-0.4, -0.2) is 9.78 Å². The second-order valence-electron chi connectivity index (χ2n) is 1.81. The zero-order chi connectivity index (χ0) is 13.6. The van der Waals surface area contributed by atoms with E-state index < -0.39 is 12.2 Å². The van der Waals surface area contributed by atoms with E-state index in [-0.39, 0.29) is 36.0 Å². The molecule has 0 aliphatic heterocycles. The summed E-state index contributed by atoms with van der Waals surface area (Å²) in [6.45, 7) is 0. The van der Waals surface area contributed by atoms with Crippen LogP contribution >= 0.6 is 0 Å². The smallest absolute Gasteiger partial charge is 0.0860 e. The monoisotopic (exact) mass is 151 g/mol. The number of aromatic nitrogens is 2. The molecule has 0 spiro atoms. The highest BCUT2D eigenvalue weighted by molar-refractivity contribution is 5.29. The molecule has 0 radical (unpaired) electrons. The lowest BCUT2D eigenvalue weighted by Gasteiger charge is -1.97. The molecule has 0 fully saturated rings. The van der Waals surface area contributed by atoms with E-state index in [1.54, 1.807) is 0 Å². The van der Waals surface area contributed by atoms with Gasteiger partial charge in [-0.2, -0.15) is 5.10 Å². The molecule has 0 bridgehead atoms. The third kappa shape index (κ3) is 1.15. The first-order valence-corrected chi connectivity index (χ1v) is 2.95. The molecule has 1 heterocycles. The van der Waals surface area contributed by atoms with Crippen LogP contribution in [0, 0.1) is 0 Å². The number of rotatable bonds is 1. The molecule has 2 rings (SSSR count). The van der Waals surface area contributed by atoms with Crippen LogP contribution < -0.4 is 0 Å². The molecule has 11 heavy (non-hydrogen) atoms. The Balaban J connectivity index is 2.76. The maximum Gasteiger partial charge on any atom is 0.0860 e. The molecule has 0 saturated carbocycles. The van der Waals surface area contributed by atoms with Gasteiger partial charge in [-0.05, 0) is 18.2 Å². The zero-order valence-corrected chi connectivity index (χ0v) is 5.47. The van der Waals surface area contributed by atoms with Crippen molar-refractivity contribution in [3.05, 3.63) is 48.6 Å². The average Bonchev–Trinajstić information content (AvgIpc) is 2.59. The summed E-state index contributed by atoms with van der Waals surface area (Å²) in [6.07, 6.45) is -0.794. The number of nitrogens with zero attached hydrogens (tertiary/aromatic N) is 2. The molecule has 2 nitrogen and oxygen atoms in total. The van der Waals surface area contributed by atoms with Crippen LogP contribution in [0.1, 0.15) is 9.60 Å². The summed E-state index contributed by atoms with van der Waals surface area (Å²) in [5.74, 6) is 0. The van der Waals surface area contributed by atoms with Gasteiger partial charge < -0.3 is 0 Å². The van der Waals surface area contributed by atoms with E-state index in [4.69, 9.17) is 9.60 Å². The molecule has 0 amide bonds. The van der Waals surface area contributed by atoms with E-state index in [1.165, 1.54) is 0 Å². The van der Waals surface area contributed by atoms with Gasteiger partial charge in [0.1, 0.15) is 0 Å². The van der Waals surface area contributed by atoms with Crippen molar-refractivity contribution in [3.63, 3.8) is 0 Å². The van der Waals surface area contributed by atoms with Gasteiger partial charge >= 0.3 is 0 Å². The quantitative estimate of drug-likeness (QED) is 0.608. The van der Waals surface area contributed by atoms with Crippen molar-refractivity contribution >= 4 is 0 Å². The standard InChI is InChI=1S/C9H8N2/c1-2-5-9(6-3-1)11-8-4-7-10-11/h1-8H/i1D,2D,3D,4D,5D,7D,8D. The molecule has 0 aliphatic rings. The Morgan fingerprint density at radius 1 is 1.27 bits per heavy atom. The molecular weight excluding hydrogens is 136 g/mol. The Morgan fingerprint density at radius 2 is 2.27 bits per heavy atom. The molecule has 0 saturated heterocycles. The van der Waals surface area contributed by atoms with Crippen LogP contribution in [0.4, 0.5) is 0 Å². The van der Waals surface area contributed by atoms with Crippen molar-refractivity contribution in [2.24, 2.45) is 0 Å². The molecule has 54 valence electrons. The average molecular weight is 151 g/mol. The maximum absolute atomic E-state index is 7.69. The highest BCUT2D eigenvalue weighted by Crippen LogP contribution is 2.03. The van der Waals surface area contributed by atoms with Crippen LogP contribution in [0.15, 0.2) is 48.6 Å². The minimum atomic E-state index is -0.439. The van der Waals surface area contributed by atoms with Crippen LogP contribution in [0.25, 0.3) is 5.69 Å². The summed E-state index contributed by atoms with van der Waals surface area (Å²) in [5, 5.41) is 3.61. The summed E-state index contributed by atoms with van der Waals surface area (Å²) < 4.78 is 53.2. The van der Waals surface area contributed by atoms with E-state index in [0.717, 1.165) is 10.7 Å². The van der Waals surface area contributed by atoms with Crippen molar-refractivity contribution in [1.82, 2.24) is 9.78 Å². The van der Waals surface area contributed by atoms with E-state index in [2.05, 4.69) is 5.10 Å². The number of para-hydroxylation sites is 1. The summed E-state index contributed by atoms with van der Waals surface area (Å²) in [5.41, 5.74) is -0.0435. The second kappa shape index (κ2) is 2.58. The predicted octanol–water partition coefficient (Wildman–Crippen LogP) is 1.87. The Kier molecular flexibility index (Phi) is 0.517. The van der Waals surface area contributed by atoms with E-state index in [0.29, 0.717) is 0 Å². The van der Waals surface area contributed by atoms with Crippen LogP contribution in [-0.2, 0) is 0 Å². The van der Waals surface area contributed by atoms with Crippen molar-refractivity contribution in [1.29, 1.82) is 0 Å². The van der Waals surface area contributed by atoms with Crippen LogP contribution in [0.2, 0.25) is 0 Å². The lowest BCUT2D eigenvalue weighted by molar-refractivity contribution is 0.880. The van der Waals surface area contributed by atoms with Crippen molar-refractivity contribution < 1.29 is 9.60 Å². The lowest BCUT2D eigenvalue weighted by Crippen LogP contribution is -1.91. The molecule has 0 aliphatic carbocycles. The van der Waals surface area contributed by atoms with Gasteiger partial charge in [-0.3, -0.25) is 0 Å². The molecule has 1 aromatic carbocycles. The van der Waals surface area contributed by atoms with Gasteiger partial charge in [0.2, 0.25) is 0 Å². The Bertz CT molecular complexity index is 635. The van der Waals surface area contributed by atoms with Gasteiger partial charge in [0.15, 0.2) is 0 Å². The van der Waals surface area contributed by atoms with Crippen LogP contribution in [0.5, 0.6) is 0 Å². The first kappa shape index (κ1) is 2.21. The van der Waals surface area contributed by atoms with Gasteiger partial charge in [0, 0.05) is 12.3 Å². The SMILES string of the molecule is [2H]c1cc(-n2nc([2H])c([2H])c2[2H])c([2H])c([2H])c1[2H]. The predicted molar refractivity (Wildman–Crippen MR) is 43.6 cm³/mol. The third-order valence-electron chi connectivity index (χ3n) is 1.13. The number of hydrogen-bond acceptors (Lipinski definition) is 1. The van der Waals surface area contributed by atoms with Crippen LogP contribution in [0.3, 0.4) is 0 Å². The van der Waals surface area contributed by atoms with Crippen molar-refractivity contribution in [3.8, 4) is 5.69 Å². The Labute approximate surface area is 74.9 Å². The fourth-order valence-corrected chi connectivity index (χ4v) is 0.678. The topological polar surface area (TPSA) is 17.8 Å². The molecule has 0 atom stereocenters. The summed E-state index contributed by atoms with van der Waals surface area (Å²) >= 11 is 0. The largest absolute Gasteiger partial charge is 0.241 e. The minimum absolute atomic E-state index is 0.0435. The summed E-state index contributed by atoms with van der Waals surface area (Å²) in [4.78, 5) is 0. The summed E-state index contributed by atoms with van der Waals surface area (Å²) in [6, 6.07) is -0.689. The van der Waals surface area contributed by atoms with Crippen molar-refractivity contribution in [2.45, 2.75) is 0 Å². The fraction of sp³-hybridized carbons (Fsp3) is 0. The Hall–Kier alpha value is -1.57. The highest BCUT2D eigenvalue weighted by Gasteiger charge is 1.90. The van der Waals surface area contributed by atoms with Gasteiger partial charge in [-0.25, -0.2) is 4.68 Å². The van der Waals surface area contributed by atoms with E-state index in [9.17, 15) is 0 Å². The third-order valence-corrected chi connectivity index (χ3v) is 1.13. The first-order valence-electron chi connectivity index (χ1n) is 6.45. The molecule has 1 aromatic heterocycles. The van der Waals surface area contributed by atoms with Gasteiger partial charge in [-0.15, -0.1) is 0 Å².